The lowest BCUT2D eigenvalue weighted by atomic mass is 10.1. The van der Waals surface area contributed by atoms with Gasteiger partial charge in [-0.15, -0.1) is 0 Å². The molecule has 0 bridgehead atoms. The Morgan fingerprint density at radius 2 is 1.91 bits per heavy atom. The van der Waals surface area contributed by atoms with Gasteiger partial charge >= 0.3 is 5.76 Å². The first-order chi connectivity index (χ1) is 15.9. The van der Waals surface area contributed by atoms with Crippen molar-refractivity contribution in [1.82, 2.24) is 14.3 Å². The second-order valence-electron chi connectivity index (χ2n) is 7.62. The SMILES string of the molecule is CCc1ccc(Cn2nccc2NC(=O)CCCn2c(=O)oc3cc([N+](=O)[O-])ccc32)cc1. The third kappa shape index (κ3) is 5.00. The lowest BCUT2D eigenvalue weighted by Crippen LogP contribution is -2.18. The fourth-order valence-electron chi connectivity index (χ4n) is 3.60. The van der Waals surface area contributed by atoms with Gasteiger partial charge in [0.1, 0.15) is 5.82 Å². The number of oxazole rings is 1. The van der Waals surface area contributed by atoms with Gasteiger partial charge < -0.3 is 9.73 Å². The van der Waals surface area contributed by atoms with Gasteiger partial charge in [-0.2, -0.15) is 5.10 Å². The molecule has 4 aromatic rings. The van der Waals surface area contributed by atoms with Crippen molar-refractivity contribution in [2.24, 2.45) is 0 Å². The van der Waals surface area contributed by atoms with Crippen molar-refractivity contribution in [3.05, 3.63) is 86.5 Å². The quantitative estimate of drug-likeness (QED) is 0.307. The number of hydrogen-bond acceptors (Lipinski definition) is 6. The molecular formula is C23H23N5O5. The molecule has 0 radical (unpaired) electrons. The van der Waals surface area contributed by atoms with Crippen LogP contribution in [0, 0.1) is 10.1 Å². The number of nitrogens with one attached hydrogen (secondary N) is 1. The maximum Gasteiger partial charge on any atom is 0.419 e. The Hall–Kier alpha value is -4.21. The van der Waals surface area contributed by atoms with Crippen molar-refractivity contribution < 1.29 is 14.1 Å². The number of carbonyl (C=O) groups is 1. The lowest BCUT2D eigenvalue weighted by Gasteiger charge is -2.10. The first-order valence-corrected chi connectivity index (χ1v) is 10.6. The smallest absolute Gasteiger partial charge is 0.407 e. The zero-order chi connectivity index (χ0) is 23.4. The summed E-state index contributed by atoms with van der Waals surface area (Å²) in [6.45, 7) is 2.89. The molecule has 0 unspecified atom stereocenters. The van der Waals surface area contributed by atoms with Gasteiger partial charge in [-0.1, -0.05) is 31.2 Å². The van der Waals surface area contributed by atoms with Crippen LogP contribution in [0.15, 0.2) is 63.9 Å². The van der Waals surface area contributed by atoms with Gasteiger partial charge in [-0.3, -0.25) is 19.5 Å². The van der Waals surface area contributed by atoms with E-state index < -0.39 is 10.7 Å². The van der Waals surface area contributed by atoms with Crippen LogP contribution in [0.3, 0.4) is 0 Å². The highest BCUT2D eigenvalue weighted by Gasteiger charge is 2.15. The molecule has 1 amide bonds. The summed E-state index contributed by atoms with van der Waals surface area (Å²) in [5.74, 6) is -0.217. The molecule has 0 saturated carbocycles. The van der Waals surface area contributed by atoms with Crippen molar-refractivity contribution in [2.75, 3.05) is 5.32 Å². The highest BCUT2D eigenvalue weighted by molar-refractivity contribution is 5.89. The molecule has 0 atom stereocenters. The van der Waals surface area contributed by atoms with E-state index >= 15 is 0 Å². The molecule has 1 N–H and O–H groups in total. The topological polar surface area (TPSA) is 125 Å². The van der Waals surface area contributed by atoms with Crippen molar-refractivity contribution in [3.63, 3.8) is 0 Å². The zero-order valence-corrected chi connectivity index (χ0v) is 18.1. The summed E-state index contributed by atoms with van der Waals surface area (Å²) in [4.78, 5) is 34.9. The number of rotatable bonds is 9. The molecule has 0 spiro atoms. The van der Waals surface area contributed by atoms with Crippen LogP contribution in [0.1, 0.15) is 30.9 Å². The fraction of sp³-hybridized carbons (Fsp3) is 0.261. The third-order valence-electron chi connectivity index (χ3n) is 5.40. The summed E-state index contributed by atoms with van der Waals surface area (Å²) >= 11 is 0. The highest BCUT2D eigenvalue weighted by Crippen LogP contribution is 2.20. The van der Waals surface area contributed by atoms with E-state index in [2.05, 4.69) is 29.5 Å². The van der Waals surface area contributed by atoms with Crippen LogP contribution in [-0.2, 0) is 24.3 Å². The van der Waals surface area contributed by atoms with E-state index in [1.165, 1.54) is 28.3 Å². The van der Waals surface area contributed by atoms with Gasteiger partial charge in [0.2, 0.25) is 5.91 Å². The van der Waals surface area contributed by atoms with E-state index in [1.54, 1.807) is 16.9 Å². The molecule has 4 rings (SSSR count). The predicted molar refractivity (Wildman–Crippen MR) is 122 cm³/mol. The Morgan fingerprint density at radius 3 is 2.64 bits per heavy atom. The van der Waals surface area contributed by atoms with Gasteiger partial charge in [-0.25, -0.2) is 9.48 Å². The molecule has 10 nitrogen and oxygen atoms in total. The molecular weight excluding hydrogens is 426 g/mol. The Balaban J connectivity index is 1.35. The molecule has 2 aromatic carbocycles. The summed E-state index contributed by atoms with van der Waals surface area (Å²) < 4.78 is 8.20. The van der Waals surface area contributed by atoms with Gasteiger partial charge in [0, 0.05) is 25.1 Å². The van der Waals surface area contributed by atoms with E-state index in [9.17, 15) is 19.7 Å². The number of aryl methyl sites for hydroxylation is 2. The van der Waals surface area contributed by atoms with Crippen molar-refractivity contribution in [2.45, 2.75) is 39.3 Å². The van der Waals surface area contributed by atoms with Crippen LogP contribution in [0.5, 0.6) is 0 Å². The Morgan fingerprint density at radius 1 is 1.15 bits per heavy atom. The van der Waals surface area contributed by atoms with E-state index in [0.717, 1.165) is 12.0 Å². The second-order valence-corrected chi connectivity index (χ2v) is 7.62. The molecule has 0 saturated heterocycles. The van der Waals surface area contributed by atoms with Gasteiger partial charge in [0.15, 0.2) is 5.58 Å². The van der Waals surface area contributed by atoms with Crippen molar-refractivity contribution >= 4 is 28.5 Å². The number of non-ortho nitro benzene ring substituents is 1. The van der Waals surface area contributed by atoms with Crippen molar-refractivity contribution in [1.29, 1.82) is 0 Å². The number of nitrogens with zero attached hydrogens (tertiary/aromatic N) is 4. The Kier molecular flexibility index (Phi) is 6.34. The van der Waals surface area contributed by atoms with Crippen molar-refractivity contribution in [3.8, 4) is 0 Å². The number of fused-ring (bicyclic) bond motifs is 1. The number of anilines is 1. The molecule has 0 aliphatic carbocycles. The second kappa shape index (κ2) is 9.51. The number of nitro groups is 1. The van der Waals surface area contributed by atoms with Crippen LogP contribution < -0.4 is 11.1 Å². The average molecular weight is 449 g/mol. The minimum Gasteiger partial charge on any atom is -0.407 e. The number of aromatic nitrogens is 3. The first-order valence-electron chi connectivity index (χ1n) is 10.6. The number of benzene rings is 2. The molecule has 0 aliphatic heterocycles. The Labute approximate surface area is 188 Å². The number of carbonyl (C=O) groups excluding carboxylic acids is 1. The van der Waals surface area contributed by atoms with Gasteiger partial charge in [-0.05, 0) is 30.0 Å². The summed E-state index contributed by atoms with van der Waals surface area (Å²) in [5, 5.41) is 18.0. The Bertz CT molecular complexity index is 1350. The number of hydrogen-bond donors (Lipinski definition) is 1. The maximum absolute atomic E-state index is 12.5. The van der Waals surface area contributed by atoms with Crippen LogP contribution in [-0.4, -0.2) is 25.2 Å². The summed E-state index contributed by atoms with van der Waals surface area (Å²) in [7, 11) is 0. The minimum absolute atomic E-state index is 0.148. The summed E-state index contributed by atoms with van der Waals surface area (Å²) in [6.07, 6.45) is 3.18. The normalized spacial score (nSPS) is 11.1. The molecule has 2 aromatic heterocycles. The molecule has 0 aliphatic rings. The monoisotopic (exact) mass is 449 g/mol. The number of nitro benzene ring substituents is 1. The number of amides is 1. The van der Waals surface area contributed by atoms with Gasteiger partial charge in [0.25, 0.3) is 5.69 Å². The van der Waals surface area contributed by atoms with Crippen LogP contribution in [0.4, 0.5) is 11.5 Å². The largest absolute Gasteiger partial charge is 0.419 e. The molecule has 2 heterocycles. The van der Waals surface area contributed by atoms with E-state index in [4.69, 9.17) is 4.42 Å². The van der Waals surface area contributed by atoms with E-state index in [1.807, 2.05) is 12.1 Å². The highest BCUT2D eigenvalue weighted by atomic mass is 16.6. The standard InChI is InChI=1S/C23H23N5O5/c1-2-16-5-7-17(8-6-16)15-27-21(11-12-24-27)25-22(29)4-3-13-26-19-10-9-18(28(31)32)14-20(19)33-23(26)30/h5-12,14H,2-4,13,15H2,1H3,(H,25,29). The average Bonchev–Trinajstić information content (AvgIpc) is 3.36. The zero-order valence-electron chi connectivity index (χ0n) is 18.1. The van der Waals surface area contributed by atoms with Gasteiger partial charge in [0.05, 0.1) is 29.2 Å². The summed E-state index contributed by atoms with van der Waals surface area (Å²) in [5.41, 5.74) is 2.79. The predicted octanol–water partition coefficient (Wildman–Crippen LogP) is 3.73. The van der Waals surface area contributed by atoms with Crippen LogP contribution >= 0.6 is 0 Å². The van der Waals surface area contributed by atoms with Crippen LogP contribution in [0.2, 0.25) is 0 Å². The first kappa shape index (κ1) is 22.0. The maximum atomic E-state index is 12.5. The fourth-order valence-corrected chi connectivity index (χ4v) is 3.60. The van der Waals surface area contributed by atoms with E-state index in [0.29, 0.717) is 24.3 Å². The summed E-state index contributed by atoms with van der Waals surface area (Å²) in [6, 6.07) is 14.0. The molecule has 0 fully saturated rings. The molecule has 33 heavy (non-hydrogen) atoms. The third-order valence-corrected chi connectivity index (χ3v) is 5.40. The lowest BCUT2D eigenvalue weighted by molar-refractivity contribution is -0.384. The van der Waals surface area contributed by atoms with E-state index in [-0.39, 0.29) is 30.1 Å². The molecule has 170 valence electrons. The minimum atomic E-state index is -0.613. The van der Waals surface area contributed by atoms with Crippen LogP contribution in [0.25, 0.3) is 11.1 Å². The molecule has 10 heteroatoms.